The zero-order chi connectivity index (χ0) is 13.9. The van der Waals surface area contributed by atoms with Crippen LogP contribution in [0.3, 0.4) is 0 Å². The van der Waals surface area contributed by atoms with Crippen molar-refractivity contribution < 1.29 is 9.90 Å². The summed E-state index contributed by atoms with van der Waals surface area (Å²) < 4.78 is 0. The second-order valence-electron chi connectivity index (χ2n) is 5.85. The highest BCUT2D eigenvalue weighted by molar-refractivity contribution is 5.93. The highest BCUT2D eigenvalue weighted by atomic mass is 16.3. The highest BCUT2D eigenvalue weighted by Gasteiger charge is 2.39. The van der Waals surface area contributed by atoms with E-state index in [0.717, 1.165) is 45.1 Å². The predicted molar refractivity (Wildman–Crippen MR) is 74.1 cm³/mol. The summed E-state index contributed by atoms with van der Waals surface area (Å²) in [4.78, 5) is 22.4. The molecule has 3 rings (SSSR count). The molecule has 108 valence electrons. The van der Waals surface area contributed by atoms with Crippen LogP contribution in [0.4, 0.5) is 0 Å². The number of aromatic nitrogens is 2. The number of hydrogen-bond donors (Lipinski definition) is 1. The van der Waals surface area contributed by atoms with Crippen molar-refractivity contribution >= 4 is 5.91 Å². The molecule has 2 heterocycles. The number of hydrogen-bond acceptors (Lipinski definition) is 4. The molecule has 0 spiro atoms. The van der Waals surface area contributed by atoms with Crippen LogP contribution in [0.5, 0.6) is 0 Å². The summed E-state index contributed by atoms with van der Waals surface area (Å²) in [7, 11) is 0. The van der Waals surface area contributed by atoms with Gasteiger partial charge in [-0.05, 0) is 32.1 Å². The Labute approximate surface area is 119 Å². The number of carbonyl (C=O) groups is 1. The molecule has 1 saturated carbocycles. The number of piperidine rings is 1. The molecule has 3 atom stereocenters. The maximum absolute atomic E-state index is 12.6. The number of likely N-dealkylation sites (tertiary alicyclic amines) is 1. The summed E-state index contributed by atoms with van der Waals surface area (Å²) in [5, 5.41) is 10.1. The first-order chi connectivity index (χ1) is 9.77. The number of amides is 1. The van der Waals surface area contributed by atoms with Gasteiger partial charge >= 0.3 is 0 Å². The van der Waals surface area contributed by atoms with Gasteiger partial charge in [0, 0.05) is 30.9 Å². The molecular weight excluding hydrogens is 254 g/mol. The second-order valence-corrected chi connectivity index (χ2v) is 5.85. The third kappa shape index (κ3) is 2.54. The van der Waals surface area contributed by atoms with E-state index in [1.165, 1.54) is 6.33 Å². The number of aliphatic hydroxyl groups is 1. The van der Waals surface area contributed by atoms with Gasteiger partial charge in [0.2, 0.25) is 0 Å². The number of rotatable bonds is 2. The molecule has 5 nitrogen and oxygen atoms in total. The van der Waals surface area contributed by atoms with Crippen LogP contribution in [0.15, 0.2) is 18.7 Å². The van der Waals surface area contributed by atoms with Crippen molar-refractivity contribution in [2.24, 2.45) is 5.92 Å². The Kier molecular flexibility index (Phi) is 3.96. The van der Waals surface area contributed by atoms with Crippen LogP contribution in [0, 0.1) is 5.92 Å². The van der Waals surface area contributed by atoms with Gasteiger partial charge in [-0.3, -0.25) is 4.79 Å². The average Bonchev–Trinajstić information content (AvgIpc) is 2.93. The molecule has 1 amide bonds. The zero-order valence-corrected chi connectivity index (χ0v) is 11.6. The lowest BCUT2D eigenvalue weighted by molar-refractivity contribution is 0.0287. The summed E-state index contributed by atoms with van der Waals surface area (Å²) >= 11 is 0. The van der Waals surface area contributed by atoms with Crippen molar-refractivity contribution in [2.75, 3.05) is 6.54 Å². The van der Waals surface area contributed by atoms with Crippen LogP contribution in [-0.2, 0) is 0 Å². The van der Waals surface area contributed by atoms with Gasteiger partial charge in [-0.2, -0.15) is 0 Å². The lowest BCUT2D eigenvalue weighted by Gasteiger charge is -2.40. The van der Waals surface area contributed by atoms with Gasteiger partial charge < -0.3 is 10.0 Å². The van der Waals surface area contributed by atoms with E-state index >= 15 is 0 Å². The molecule has 1 aromatic heterocycles. The van der Waals surface area contributed by atoms with Gasteiger partial charge in [0.1, 0.15) is 6.33 Å². The van der Waals surface area contributed by atoms with Crippen molar-refractivity contribution in [1.29, 1.82) is 0 Å². The Balaban J connectivity index is 1.80. The van der Waals surface area contributed by atoms with Crippen LogP contribution < -0.4 is 0 Å². The van der Waals surface area contributed by atoms with Crippen molar-refractivity contribution in [2.45, 2.75) is 50.7 Å². The smallest absolute Gasteiger partial charge is 0.257 e. The Morgan fingerprint density at radius 3 is 2.65 bits per heavy atom. The van der Waals surface area contributed by atoms with Gasteiger partial charge in [0.05, 0.1) is 11.7 Å². The minimum atomic E-state index is -0.250. The monoisotopic (exact) mass is 275 g/mol. The first-order valence-electron chi connectivity index (χ1n) is 7.51. The highest BCUT2D eigenvalue weighted by Crippen LogP contribution is 2.35. The molecule has 1 aromatic rings. The lowest BCUT2D eigenvalue weighted by atomic mass is 9.87. The summed E-state index contributed by atoms with van der Waals surface area (Å²) in [6.45, 7) is 0.779. The van der Waals surface area contributed by atoms with E-state index in [1.807, 2.05) is 4.90 Å². The van der Waals surface area contributed by atoms with Crippen molar-refractivity contribution in [1.82, 2.24) is 14.9 Å². The van der Waals surface area contributed by atoms with Crippen LogP contribution in [0.1, 0.15) is 48.9 Å². The van der Waals surface area contributed by atoms with Gasteiger partial charge in [0.15, 0.2) is 0 Å². The Morgan fingerprint density at radius 1 is 1.15 bits per heavy atom. The van der Waals surface area contributed by atoms with Crippen LogP contribution in [-0.4, -0.2) is 44.6 Å². The Morgan fingerprint density at radius 2 is 1.95 bits per heavy atom. The molecule has 1 N–H and O–H groups in total. The maximum atomic E-state index is 12.6. The molecule has 0 bridgehead atoms. The van der Waals surface area contributed by atoms with E-state index in [-0.39, 0.29) is 24.0 Å². The molecule has 0 radical (unpaired) electrons. The summed E-state index contributed by atoms with van der Waals surface area (Å²) in [6, 6.07) is 0.175. The topological polar surface area (TPSA) is 66.3 Å². The molecule has 1 saturated heterocycles. The van der Waals surface area contributed by atoms with Gasteiger partial charge in [0.25, 0.3) is 5.91 Å². The standard InChI is InChI=1S/C15H21N3O2/c19-14-6-3-4-12(14)13-5-1-2-7-18(13)15(20)11-8-16-10-17-9-11/h8-10,12-14,19H,1-7H2. The number of nitrogens with zero attached hydrogens (tertiary/aromatic N) is 3. The molecule has 1 aliphatic carbocycles. The van der Waals surface area contributed by atoms with Gasteiger partial charge in [-0.1, -0.05) is 6.42 Å². The molecule has 3 unspecified atom stereocenters. The molecule has 20 heavy (non-hydrogen) atoms. The summed E-state index contributed by atoms with van der Waals surface area (Å²) in [5.41, 5.74) is 0.548. The Hall–Kier alpha value is -1.49. The lowest BCUT2D eigenvalue weighted by Crippen LogP contribution is -2.49. The van der Waals surface area contributed by atoms with E-state index in [0.29, 0.717) is 5.56 Å². The van der Waals surface area contributed by atoms with Crippen LogP contribution >= 0.6 is 0 Å². The number of aliphatic hydroxyl groups excluding tert-OH is 1. The van der Waals surface area contributed by atoms with Crippen molar-refractivity contribution in [3.63, 3.8) is 0 Å². The van der Waals surface area contributed by atoms with Gasteiger partial charge in [-0.25, -0.2) is 9.97 Å². The minimum absolute atomic E-state index is 0.00870. The minimum Gasteiger partial charge on any atom is -0.393 e. The van der Waals surface area contributed by atoms with Crippen molar-refractivity contribution in [3.05, 3.63) is 24.3 Å². The third-order valence-corrected chi connectivity index (χ3v) is 4.64. The van der Waals surface area contributed by atoms with E-state index in [4.69, 9.17) is 0 Å². The summed E-state index contributed by atoms with van der Waals surface area (Å²) in [5.74, 6) is 0.248. The fraction of sp³-hybridized carbons (Fsp3) is 0.667. The van der Waals surface area contributed by atoms with Crippen LogP contribution in [0.2, 0.25) is 0 Å². The summed E-state index contributed by atoms with van der Waals surface area (Å²) in [6.07, 6.45) is 10.5. The predicted octanol–water partition coefficient (Wildman–Crippen LogP) is 1.63. The van der Waals surface area contributed by atoms with E-state index < -0.39 is 0 Å². The molecule has 1 aliphatic heterocycles. The van der Waals surface area contributed by atoms with Crippen LogP contribution in [0.25, 0.3) is 0 Å². The molecule has 5 heteroatoms. The zero-order valence-electron chi connectivity index (χ0n) is 11.6. The maximum Gasteiger partial charge on any atom is 0.257 e. The van der Waals surface area contributed by atoms with E-state index in [2.05, 4.69) is 9.97 Å². The average molecular weight is 275 g/mol. The normalized spacial score (nSPS) is 30.4. The fourth-order valence-electron chi connectivity index (χ4n) is 3.65. The Bertz CT molecular complexity index is 465. The molecule has 2 fully saturated rings. The van der Waals surface area contributed by atoms with Gasteiger partial charge in [-0.15, -0.1) is 0 Å². The molecule has 2 aliphatic rings. The number of carbonyl (C=O) groups excluding carboxylic acids is 1. The third-order valence-electron chi connectivity index (χ3n) is 4.64. The first-order valence-corrected chi connectivity index (χ1v) is 7.51. The quantitative estimate of drug-likeness (QED) is 0.891. The van der Waals surface area contributed by atoms with E-state index in [9.17, 15) is 9.90 Å². The fourth-order valence-corrected chi connectivity index (χ4v) is 3.65. The molecule has 0 aromatic carbocycles. The molecular formula is C15H21N3O2. The largest absolute Gasteiger partial charge is 0.393 e. The van der Waals surface area contributed by atoms with E-state index in [1.54, 1.807) is 12.4 Å². The first kappa shape index (κ1) is 13.5. The SMILES string of the molecule is O=C(c1cncnc1)N1CCCCC1C1CCCC1O. The van der Waals surface area contributed by atoms with Crippen molar-refractivity contribution in [3.8, 4) is 0 Å². The second kappa shape index (κ2) is 5.87.